The first-order valence-corrected chi connectivity index (χ1v) is 6.02. The number of benzene rings is 1. The van der Waals surface area contributed by atoms with E-state index in [1.165, 1.54) is 29.6 Å². The molecule has 0 saturated carbocycles. The third-order valence-electron chi connectivity index (χ3n) is 2.72. The average Bonchev–Trinajstić information content (AvgIpc) is 2.93. The Kier molecular flexibility index (Phi) is 4.30. The molecule has 100 valence electrons. The van der Waals surface area contributed by atoms with Crippen molar-refractivity contribution in [2.75, 3.05) is 18.0 Å². The number of furan rings is 1. The molecule has 1 aromatic heterocycles. The SMILES string of the molecule is NCCCN(C(=O)c1ccoc1)c1cccc(F)c1. The van der Waals surface area contributed by atoms with Crippen molar-refractivity contribution in [3.8, 4) is 0 Å². The molecule has 0 aliphatic heterocycles. The molecule has 19 heavy (non-hydrogen) atoms. The van der Waals surface area contributed by atoms with E-state index in [9.17, 15) is 9.18 Å². The Balaban J connectivity index is 2.28. The highest BCUT2D eigenvalue weighted by atomic mass is 19.1. The molecule has 0 radical (unpaired) electrons. The van der Waals surface area contributed by atoms with Crippen LogP contribution in [0, 0.1) is 5.82 Å². The maximum atomic E-state index is 13.3. The minimum Gasteiger partial charge on any atom is -0.472 e. The van der Waals surface area contributed by atoms with E-state index in [0.717, 1.165) is 0 Å². The zero-order valence-electron chi connectivity index (χ0n) is 10.4. The van der Waals surface area contributed by atoms with Crippen molar-refractivity contribution in [2.45, 2.75) is 6.42 Å². The van der Waals surface area contributed by atoms with Crippen molar-refractivity contribution >= 4 is 11.6 Å². The summed E-state index contributed by atoms with van der Waals surface area (Å²) in [7, 11) is 0. The summed E-state index contributed by atoms with van der Waals surface area (Å²) in [4.78, 5) is 13.8. The quantitative estimate of drug-likeness (QED) is 0.900. The lowest BCUT2D eigenvalue weighted by atomic mass is 10.2. The summed E-state index contributed by atoms with van der Waals surface area (Å²) in [5.74, 6) is -0.608. The van der Waals surface area contributed by atoms with Gasteiger partial charge in [0, 0.05) is 12.2 Å². The summed E-state index contributed by atoms with van der Waals surface area (Å²) in [5.41, 5.74) is 6.42. The lowest BCUT2D eigenvalue weighted by Gasteiger charge is -2.22. The van der Waals surface area contributed by atoms with Crippen LogP contribution in [0.2, 0.25) is 0 Å². The van der Waals surface area contributed by atoms with Crippen molar-refractivity contribution in [2.24, 2.45) is 5.73 Å². The molecule has 0 bridgehead atoms. The van der Waals surface area contributed by atoms with Gasteiger partial charge in [-0.15, -0.1) is 0 Å². The van der Waals surface area contributed by atoms with Gasteiger partial charge in [-0.2, -0.15) is 0 Å². The van der Waals surface area contributed by atoms with Gasteiger partial charge in [0.15, 0.2) is 0 Å². The molecule has 2 N–H and O–H groups in total. The number of carbonyl (C=O) groups is 1. The largest absolute Gasteiger partial charge is 0.472 e. The van der Waals surface area contributed by atoms with Gasteiger partial charge in [0.2, 0.25) is 0 Å². The Morgan fingerprint density at radius 2 is 2.21 bits per heavy atom. The molecule has 2 rings (SSSR count). The first kappa shape index (κ1) is 13.3. The summed E-state index contributed by atoms with van der Waals surface area (Å²) in [6.07, 6.45) is 3.44. The fourth-order valence-electron chi connectivity index (χ4n) is 1.78. The molecule has 1 heterocycles. The first-order valence-electron chi connectivity index (χ1n) is 6.02. The van der Waals surface area contributed by atoms with Crippen molar-refractivity contribution < 1.29 is 13.6 Å². The molecule has 0 unspecified atom stereocenters. The number of anilines is 1. The van der Waals surface area contributed by atoms with Gasteiger partial charge in [0.1, 0.15) is 12.1 Å². The Morgan fingerprint density at radius 1 is 1.37 bits per heavy atom. The van der Waals surface area contributed by atoms with Gasteiger partial charge < -0.3 is 15.1 Å². The van der Waals surface area contributed by atoms with E-state index in [-0.39, 0.29) is 11.7 Å². The van der Waals surface area contributed by atoms with Crippen molar-refractivity contribution in [1.82, 2.24) is 0 Å². The van der Waals surface area contributed by atoms with Crippen LogP contribution in [0.5, 0.6) is 0 Å². The second-order valence-electron chi connectivity index (χ2n) is 4.09. The number of amides is 1. The molecule has 2 aromatic rings. The molecular weight excluding hydrogens is 247 g/mol. The van der Waals surface area contributed by atoms with Crippen LogP contribution in [-0.4, -0.2) is 19.0 Å². The monoisotopic (exact) mass is 262 g/mol. The molecular formula is C14H15FN2O2. The van der Waals surface area contributed by atoms with E-state index in [4.69, 9.17) is 10.2 Å². The van der Waals surface area contributed by atoms with Gasteiger partial charge in [0.05, 0.1) is 11.8 Å². The van der Waals surface area contributed by atoms with Gasteiger partial charge >= 0.3 is 0 Å². The fraction of sp³-hybridized carbons (Fsp3) is 0.214. The van der Waals surface area contributed by atoms with E-state index >= 15 is 0 Å². The maximum Gasteiger partial charge on any atom is 0.261 e. The summed E-state index contributed by atoms with van der Waals surface area (Å²) in [5, 5.41) is 0. The minimum absolute atomic E-state index is 0.229. The minimum atomic E-state index is -0.379. The Morgan fingerprint density at radius 3 is 2.84 bits per heavy atom. The summed E-state index contributed by atoms with van der Waals surface area (Å²) in [6, 6.07) is 7.51. The predicted octanol–water partition coefficient (Wildman–Crippen LogP) is 2.41. The van der Waals surface area contributed by atoms with Crippen molar-refractivity contribution in [1.29, 1.82) is 0 Å². The number of carbonyl (C=O) groups excluding carboxylic acids is 1. The molecule has 0 spiro atoms. The molecule has 1 aromatic carbocycles. The van der Waals surface area contributed by atoms with Gasteiger partial charge in [0.25, 0.3) is 5.91 Å². The number of rotatable bonds is 5. The second kappa shape index (κ2) is 6.15. The van der Waals surface area contributed by atoms with Gasteiger partial charge in [-0.3, -0.25) is 4.79 Å². The van der Waals surface area contributed by atoms with E-state index in [2.05, 4.69) is 0 Å². The smallest absolute Gasteiger partial charge is 0.261 e. The molecule has 0 aliphatic rings. The third-order valence-corrected chi connectivity index (χ3v) is 2.72. The lowest BCUT2D eigenvalue weighted by molar-refractivity contribution is 0.0986. The Hall–Kier alpha value is -2.14. The van der Waals surface area contributed by atoms with Crippen LogP contribution in [-0.2, 0) is 0 Å². The van der Waals surface area contributed by atoms with Gasteiger partial charge in [-0.05, 0) is 37.2 Å². The highest BCUT2D eigenvalue weighted by Crippen LogP contribution is 2.19. The van der Waals surface area contributed by atoms with Crippen LogP contribution >= 0.6 is 0 Å². The number of nitrogens with zero attached hydrogens (tertiary/aromatic N) is 1. The molecule has 0 fully saturated rings. The molecule has 4 nitrogen and oxygen atoms in total. The maximum absolute atomic E-state index is 13.3. The van der Waals surface area contributed by atoms with E-state index < -0.39 is 0 Å². The highest BCUT2D eigenvalue weighted by Gasteiger charge is 2.18. The third kappa shape index (κ3) is 3.20. The summed E-state index contributed by atoms with van der Waals surface area (Å²) in [6.45, 7) is 0.897. The van der Waals surface area contributed by atoms with E-state index in [1.807, 2.05) is 0 Å². The lowest BCUT2D eigenvalue weighted by Crippen LogP contribution is -2.32. The normalized spacial score (nSPS) is 10.4. The number of hydrogen-bond donors (Lipinski definition) is 1. The van der Waals surface area contributed by atoms with Gasteiger partial charge in [-0.25, -0.2) is 4.39 Å². The Bertz CT molecular complexity index is 540. The Labute approximate surface area is 110 Å². The molecule has 1 amide bonds. The number of hydrogen-bond acceptors (Lipinski definition) is 3. The van der Waals surface area contributed by atoms with Crippen LogP contribution in [0.25, 0.3) is 0 Å². The van der Waals surface area contributed by atoms with E-state index in [1.54, 1.807) is 18.2 Å². The number of halogens is 1. The topological polar surface area (TPSA) is 59.5 Å². The van der Waals surface area contributed by atoms with Crippen molar-refractivity contribution in [3.63, 3.8) is 0 Å². The molecule has 5 heteroatoms. The van der Waals surface area contributed by atoms with E-state index in [0.29, 0.717) is 30.8 Å². The van der Waals surface area contributed by atoms with Crippen molar-refractivity contribution in [3.05, 3.63) is 54.2 Å². The van der Waals surface area contributed by atoms with Crippen LogP contribution < -0.4 is 10.6 Å². The summed E-state index contributed by atoms with van der Waals surface area (Å²) >= 11 is 0. The molecule has 0 aliphatic carbocycles. The summed E-state index contributed by atoms with van der Waals surface area (Å²) < 4.78 is 18.2. The zero-order chi connectivity index (χ0) is 13.7. The highest BCUT2D eigenvalue weighted by molar-refractivity contribution is 6.05. The standard InChI is InChI=1S/C14H15FN2O2/c15-12-3-1-4-13(9-12)17(7-2-6-16)14(18)11-5-8-19-10-11/h1,3-5,8-10H,2,6-7,16H2. The van der Waals surface area contributed by atoms with Crippen LogP contribution in [0.15, 0.2) is 47.3 Å². The van der Waals surface area contributed by atoms with Crippen LogP contribution in [0.4, 0.5) is 10.1 Å². The zero-order valence-corrected chi connectivity index (χ0v) is 10.4. The molecule has 0 saturated heterocycles. The molecule has 0 atom stereocenters. The average molecular weight is 262 g/mol. The fourth-order valence-corrected chi connectivity index (χ4v) is 1.78. The number of nitrogens with two attached hydrogens (primary N) is 1. The van der Waals surface area contributed by atoms with Crippen LogP contribution in [0.1, 0.15) is 16.8 Å². The predicted molar refractivity (Wildman–Crippen MR) is 70.5 cm³/mol. The van der Waals surface area contributed by atoms with Crippen LogP contribution in [0.3, 0.4) is 0 Å². The van der Waals surface area contributed by atoms with Gasteiger partial charge in [-0.1, -0.05) is 6.07 Å². The second-order valence-corrected chi connectivity index (χ2v) is 4.09. The first-order chi connectivity index (χ1) is 9.22.